The SMILES string of the molecule is COc1ccc(CCN2C(=O)c3oc4cc(C)cc(C)c4c(=O)c3C2c2ccc(OC)cc2)cc1. The van der Waals surface area contributed by atoms with E-state index >= 15 is 0 Å². The maximum Gasteiger partial charge on any atom is 0.290 e. The highest BCUT2D eigenvalue weighted by Crippen LogP contribution is 2.39. The van der Waals surface area contributed by atoms with Crippen molar-refractivity contribution in [3.63, 3.8) is 0 Å². The number of carbonyl (C=O) groups excluding carboxylic acids is 1. The van der Waals surface area contributed by atoms with Crippen molar-refractivity contribution >= 4 is 16.9 Å². The van der Waals surface area contributed by atoms with Crippen molar-refractivity contribution in [2.75, 3.05) is 20.8 Å². The lowest BCUT2D eigenvalue weighted by Crippen LogP contribution is -2.31. The van der Waals surface area contributed by atoms with Crippen LogP contribution in [-0.4, -0.2) is 31.6 Å². The number of amides is 1. The molecule has 35 heavy (non-hydrogen) atoms. The minimum absolute atomic E-state index is 0.128. The summed E-state index contributed by atoms with van der Waals surface area (Å²) in [6, 6.07) is 18.5. The van der Waals surface area contributed by atoms with E-state index in [0.717, 1.165) is 28.0 Å². The van der Waals surface area contributed by atoms with Gasteiger partial charge in [-0.05, 0) is 72.9 Å². The topological polar surface area (TPSA) is 69.0 Å². The van der Waals surface area contributed by atoms with Crippen molar-refractivity contribution in [3.8, 4) is 11.5 Å². The Morgan fingerprint density at radius 3 is 2.14 bits per heavy atom. The summed E-state index contributed by atoms with van der Waals surface area (Å²) in [5.41, 5.74) is 4.42. The predicted molar refractivity (Wildman–Crippen MR) is 135 cm³/mol. The molecule has 2 heterocycles. The third-order valence-corrected chi connectivity index (χ3v) is 6.64. The second-order valence-corrected chi connectivity index (χ2v) is 8.90. The first-order valence-corrected chi connectivity index (χ1v) is 11.6. The van der Waals surface area contributed by atoms with E-state index in [1.165, 1.54) is 0 Å². The first-order chi connectivity index (χ1) is 16.9. The Morgan fingerprint density at radius 2 is 1.51 bits per heavy atom. The van der Waals surface area contributed by atoms with Crippen LogP contribution in [0.5, 0.6) is 11.5 Å². The molecule has 178 valence electrons. The Kier molecular flexibility index (Phi) is 5.81. The number of methoxy groups -OCH3 is 2. The van der Waals surface area contributed by atoms with E-state index in [1.807, 2.05) is 74.5 Å². The first kappa shape index (κ1) is 22.7. The minimum atomic E-state index is -0.539. The Balaban J connectivity index is 1.62. The van der Waals surface area contributed by atoms with Gasteiger partial charge in [0.25, 0.3) is 5.91 Å². The van der Waals surface area contributed by atoms with Gasteiger partial charge in [-0.3, -0.25) is 9.59 Å². The number of nitrogens with zero attached hydrogens (tertiary/aromatic N) is 1. The van der Waals surface area contributed by atoms with Gasteiger partial charge in [0.1, 0.15) is 17.1 Å². The lowest BCUT2D eigenvalue weighted by Gasteiger charge is -2.25. The molecule has 4 aromatic rings. The maximum atomic E-state index is 13.8. The summed E-state index contributed by atoms with van der Waals surface area (Å²) >= 11 is 0. The largest absolute Gasteiger partial charge is 0.497 e. The number of hydrogen-bond acceptors (Lipinski definition) is 5. The molecule has 3 aromatic carbocycles. The molecule has 0 aliphatic carbocycles. The molecule has 1 amide bonds. The number of fused-ring (bicyclic) bond motifs is 2. The average Bonchev–Trinajstić information content (AvgIpc) is 3.14. The monoisotopic (exact) mass is 469 g/mol. The van der Waals surface area contributed by atoms with Crippen molar-refractivity contribution in [3.05, 3.63) is 104 Å². The molecule has 1 aliphatic heterocycles. The summed E-state index contributed by atoms with van der Waals surface area (Å²) in [6.45, 7) is 4.28. The number of carbonyl (C=O) groups is 1. The third kappa shape index (κ3) is 3.95. The minimum Gasteiger partial charge on any atom is -0.497 e. The molecule has 1 atom stereocenters. The molecule has 0 N–H and O–H groups in total. The predicted octanol–water partition coefficient (Wildman–Crippen LogP) is 5.21. The highest BCUT2D eigenvalue weighted by molar-refractivity contribution is 5.99. The molecule has 0 saturated heterocycles. The quantitative estimate of drug-likeness (QED) is 0.388. The smallest absolute Gasteiger partial charge is 0.290 e. The Hall–Kier alpha value is -4.06. The van der Waals surface area contributed by atoms with Crippen molar-refractivity contribution in [2.24, 2.45) is 0 Å². The lowest BCUT2D eigenvalue weighted by molar-refractivity contribution is 0.0730. The normalized spacial score (nSPS) is 14.9. The highest BCUT2D eigenvalue weighted by atomic mass is 16.5. The highest BCUT2D eigenvalue weighted by Gasteiger charge is 2.42. The molecule has 6 nitrogen and oxygen atoms in total. The van der Waals surface area contributed by atoms with E-state index < -0.39 is 6.04 Å². The van der Waals surface area contributed by atoms with Crippen LogP contribution in [0, 0.1) is 13.8 Å². The van der Waals surface area contributed by atoms with Gasteiger partial charge >= 0.3 is 0 Å². The fourth-order valence-corrected chi connectivity index (χ4v) is 4.92. The van der Waals surface area contributed by atoms with Crippen LogP contribution < -0.4 is 14.9 Å². The summed E-state index contributed by atoms with van der Waals surface area (Å²) in [6.07, 6.45) is 0.627. The molecule has 1 aliphatic rings. The molecular weight excluding hydrogens is 442 g/mol. The van der Waals surface area contributed by atoms with E-state index in [-0.39, 0.29) is 17.1 Å². The molecule has 1 unspecified atom stereocenters. The van der Waals surface area contributed by atoms with Crippen molar-refractivity contribution in [1.82, 2.24) is 4.90 Å². The maximum absolute atomic E-state index is 13.8. The van der Waals surface area contributed by atoms with Crippen LogP contribution in [0.15, 0.2) is 69.9 Å². The van der Waals surface area contributed by atoms with E-state index in [9.17, 15) is 9.59 Å². The van der Waals surface area contributed by atoms with Crippen LogP contribution in [0.1, 0.15) is 44.4 Å². The van der Waals surface area contributed by atoms with Gasteiger partial charge in [0.15, 0.2) is 5.43 Å². The van der Waals surface area contributed by atoms with Crippen molar-refractivity contribution in [1.29, 1.82) is 0 Å². The summed E-state index contributed by atoms with van der Waals surface area (Å²) in [5, 5.41) is 0.526. The number of rotatable bonds is 6. The average molecular weight is 470 g/mol. The molecule has 0 saturated carbocycles. The van der Waals surface area contributed by atoms with Gasteiger partial charge in [-0.2, -0.15) is 0 Å². The molecule has 0 bridgehead atoms. The number of hydrogen-bond donors (Lipinski definition) is 0. The first-order valence-electron chi connectivity index (χ1n) is 11.6. The van der Waals surface area contributed by atoms with Gasteiger partial charge in [0.05, 0.1) is 31.2 Å². The van der Waals surface area contributed by atoms with Gasteiger partial charge in [-0.25, -0.2) is 0 Å². The van der Waals surface area contributed by atoms with Gasteiger partial charge in [0, 0.05) is 6.54 Å². The lowest BCUT2D eigenvalue weighted by atomic mass is 9.96. The Bertz CT molecular complexity index is 1470. The van der Waals surface area contributed by atoms with Crippen LogP contribution in [-0.2, 0) is 6.42 Å². The fraction of sp³-hybridized carbons (Fsp3) is 0.241. The summed E-state index contributed by atoms with van der Waals surface area (Å²) in [7, 11) is 3.24. The van der Waals surface area contributed by atoms with E-state index in [2.05, 4.69) is 0 Å². The number of ether oxygens (including phenoxy) is 2. The Labute approximate surface area is 203 Å². The molecule has 1 aromatic heterocycles. The summed E-state index contributed by atoms with van der Waals surface area (Å²) in [4.78, 5) is 29.2. The zero-order valence-electron chi connectivity index (χ0n) is 20.3. The molecule has 5 rings (SSSR count). The van der Waals surface area contributed by atoms with Gasteiger partial charge in [-0.15, -0.1) is 0 Å². The van der Waals surface area contributed by atoms with Gasteiger partial charge in [0.2, 0.25) is 5.76 Å². The molecule has 0 spiro atoms. The van der Waals surface area contributed by atoms with Crippen LogP contribution in [0.2, 0.25) is 0 Å². The second-order valence-electron chi connectivity index (χ2n) is 8.90. The second kappa shape index (κ2) is 8.95. The van der Waals surface area contributed by atoms with Gasteiger partial charge < -0.3 is 18.8 Å². The van der Waals surface area contributed by atoms with Crippen molar-refractivity contribution in [2.45, 2.75) is 26.3 Å². The van der Waals surface area contributed by atoms with E-state index in [1.54, 1.807) is 19.1 Å². The zero-order chi connectivity index (χ0) is 24.7. The molecule has 6 heteroatoms. The van der Waals surface area contributed by atoms with E-state index in [4.69, 9.17) is 13.9 Å². The zero-order valence-corrected chi connectivity index (χ0v) is 20.3. The number of benzene rings is 3. The fourth-order valence-electron chi connectivity index (χ4n) is 4.92. The summed E-state index contributed by atoms with van der Waals surface area (Å²) < 4.78 is 16.7. The van der Waals surface area contributed by atoms with Crippen LogP contribution in [0.4, 0.5) is 0 Å². The third-order valence-electron chi connectivity index (χ3n) is 6.64. The van der Waals surface area contributed by atoms with Crippen LogP contribution in [0.25, 0.3) is 11.0 Å². The Morgan fingerprint density at radius 1 is 0.886 bits per heavy atom. The summed E-state index contributed by atoms with van der Waals surface area (Å²) in [5.74, 6) is 1.34. The molecular formula is C29H27NO5. The number of aryl methyl sites for hydroxylation is 2. The standard InChI is InChI=1S/C29H27NO5/c1-17-15-18(2)24-23(16-17)35-28-25(27(24)31)26(20-7-11-22(34-4)12-8-20)30(29(28)32)14-13-19-5-9-21(33-3)10-6-19/h5-12,15-16,26H,13-14H2,1-4H3. The van der Waals surface area contributed by atoms with E-state index in [0.29, 0.717) is 35.2 Å². The molecule has 0 fully saturated rings. The van der Waals surface area contributed by atoms with Gasteiger partial charge in [-0.1, -0.05) is 30.3 Å². The van der Waals surface area contributed by atoms with Crippen LogP contribution in [0.3, 0.4) is 0 Å². The van der Waals surface area contributed by atoms with Crippen molar-refractivity contribution < 1.29 is 18.7 Å². The van der Waals surface area contributed by atoms with Crippen LogP contribution >= 0.6 is 0 Å². The molecule has 0 radical (unpaired) electrons.